The highest BCUT2D eigenvalue weighted by Gasteiger charge is 2.33. The summed E-state index contributed by atoms with van der Waals surface area (Å²) in [4.78, 5) is 56.4. The maximum Gasteiger partial charge on any atom is 0.330 e. The summed E-state index contributed by atoms with van der Waals surface area (Å²) in [6.07, 6.45) is 15.2. The second kappa shape index (κ2) is 13.5. The number of nitrogens with zero attached hydrogens (tertiary/aromatic N) is 5. The van der Waals surface area contributed by atoms with Crippen molar-refractivity contribution in [3.63, 3.8) is 0 Å². The number of aromatic nitrogens is 2. The van der Waals surface area contributed by atoms with E-state index in [1.807, 2.05) is 69.3 Å². The van der Waals surface area contributed by atoms with Crippen LogP contribution in [0.25, 0.3) is 0 Å². The molecule has 45 heavy (non-hydrogen) atoms. The van der Waals surface area contributed by atoms with Gasteiger partial charge < -0.3 is 16.4 Å². The third-order valence-electron chi connectivity index (χ3n) is 8.15. The van der Waals surface area contributed by atoms with Crippen LogP contribution in [0.2, 0.25) is 0 Å². The van der Waals surface area contributed by atoms with Gasteiger partial charge in [-0.3, -0.25) is 24.4 Å². The zero-order chi connectivity index (χ0) is 32.1. The van der Waals surface area contributed by atoms with Crippen LogP contribution in [-0.2, 0) is 16.1 Å². The molecule has 3 atom stereocenters. The van der Waals surface area contributed by atoms with Gasteiger partial charge in [0.2, 0.25) is 11.9 Å². The highest BCUT2D eigenvalue weighted by atomic mass is 16.2. The lowest BCUT2D eigenvalue weighted by Gasteiger charge is -2.37. The minimum Gasteiger partial charge on any atom is -0.368 e. The number of urea groups is 1. The van der Waals surface area contributed by atoms with Crippen LogP contribution >= 0.6 is 0 Å². The predicted octanol–water partition coefficient (Wildman–Crippen LogP) is 4.18. The van der Waals surface area contributed by atoms with Crippen LogP contribution in [0, 0.1) is 5.92 Å². The SMILES string of the molecule is CCC(C)C1N=C(c2ccccc2)/C=C/C=C(C(=O)NC2C=C(N3Cc4cnc(N)nc4N(C)C3=O)C(C)=CC2)\C=C\NC1=O. The predicted molar refractivity (Wildman–Crippen MR) is 175 cm³/mol. The second-order valence-electron chi connectivity index (χ2n) is 11.3. The summed E-state index contributed by atoms with van der Waals surface area (Å²) in [5.74, 6) is 0.0245. The van der Waals surface area contributed by atoms with Gasteiger partial charge in [0.25, 0.3) is 5.91 Å². The molecule has 0 saturated heterocycles. The number of benzene rings is 1. The lowest BCUT2D eigenvalue weighted by molar-refractivity contribution is -0.122. The third-order valence-corrected chi connectivity index (χ3v) is 8.15. The molecule has 4 N–H and O–H groups in total. The number of fused-ring (bicyclic) bond motifs is 1. The Bertz CT molecular complexity index is 1670. The van der Waals surface area contributed by atoms with Crippen molar-refractivity contribution in [1.29, 1.82) is 0 Å². The van der Waals surface area contributed by atoms with Crippen molar-refractivity contribution in [2.45, 2.75) is 52.2 Å². The molecule has 0 spiro atoms. The molecule has 0 bridgehead atoms. The zero-order valence-corrected chi connectivity index (χ0v) is 25.9. The van der Waals surface area contributed by atoms with E-state index in [0.717, 1.165) is 23.1 Å². The Morgan fingerprint density at radius 2 is 1.98 bits per heavy atom. The molecule has 0 fully saturated rings. The van der Waals surface area contributed by atoms with Crippen molar-refractivity contribution in [2.75, 3.05) is 17.7 Å². The number of nitrogen functional groups attached to an aromatic ring is 1. The molecule has 0 saturated carbocycles. The Kier molecular flexibility index (Phi) is 9.36. The van der Waals surface area contributed by atoms with Gasteiger partial charge in [0, 0.05) is 36.3 Å². The number of allylic oxidation sites excluding steroid dienone is 4. The highest BCUT2D eigenvalue weighted by molar-refractivity contribution is 6.10. The summed E-state index contributed by atoms with van der Waals surface area (Å²) in [5, 5.41) is 5.89. The molecule has 4 amide bonds. The topological polar surface area (TPSA) is 146 Å². The standard InChI is InChI=1S/C34H38N8O3/c1-5-21(2)29-32(44)36-17-16-24(12-9-13-27(39-29)23-10-7-6-8-11-23)31(43)38-26-15-14-22(3)28(18-26)42-20-25-19-37-33(35)40-30(25)41(4)34(42)45/h6-14,16-19,21,26,29H,5,15,20H2,1-4H3,(H,36,44)(H,38,43)(H2,35,37,40)/b13-9+,17-16+,24-12+,39-27?. The summed E-state index contributed by atoms with van der Waals surface area (Å²) in [6, 6.07) is 8.43. The average Bonchev–Trinajstić information content (AvgIpc) is 3.08. The summed E-state index contributed by atoms with van der Waals surface area (Å²) in [6.45, 7) is 6.24. The number of anilines is 2. The van der Waals surface area contributed by atoms with Crippen molar-refractivity contribution in [1.82, 2.24) is 25.5 Å². The van der Waals surface area contributed by atoms with Crippen molar-refractivity contribution < 1.29 is 14.4 Å². The van der Waals surface area contributed by atoms with Crippen LogP contribution in [0.4, 0.5) is 16.6 Å². The highest BCUT2D eigenvalue weighted by Crippen LogP contribution is 2.32. The van der Waals surface area contributed by atoms with Crippen molar-refractivity contribution in [2.24, 2.45) is 10.9 Å². The molecule has 0 radical (unpaired) electrons. The van der Waals surface area contributed by atoms with Crippen LogP contribution < -0.4 is 21.3 Å². The lowest BCUT2D eigenvalue weighted by Crippen LogP contribution is -2.46. The van der Waals surface area contributed by atoms with Gasteiger partial charge in [-0.05, 0) is 54.7 Å². The smallest absolute Gasteiger partial charge is 0.330 e. The zero-order valence-electron chi connectivity index (χ0n) is 25.9. The number of hydrogen-bond donors (Lipinski definition) is 3. The van der Waals surface area contributed by atoms with Crippen molar-refractivity contribution in [3.05, 3.63) is 107 Å². The summed E-state index contributed by atoms with van der Waals surface area (Å²) < 4.78 is 0. The van der Waals surface area contributed by atoms with E-state index < -0.39 is 6.04 Å². The normalized spacial score (nSPS) is 23.6. The quantitative estimate of drug-likeness (QED) is 0.450. The molecule has 5 rings (SSSR count). The Balaban J connectivity index is 1.38. The van der Waals surface area contributed by atoms with Gasteiger partial charge in [-0.15, -0.1) is 0 Å². The fourth-order valence-corrected chi connectivity index (χ4v) is 5.35. The first-order valence-corrected chi connectivity index (χ1v) is 15.0. The largest absolute Gasteiger partial charge is 0.368 e. The number of aliphatic imine (C=N–C) groups is 1. The minimum absolute atomic E-state index is 0.0106. The van der Waals surface area contributed by atoms with Gasteiger partial charge in [-0.25, -0.2) is 9.78 Å². The number of hydrogen-bond acceptors (Lipinski definition) is 7. The maximum atomic E-state index is 13.6. The fourth-order valence-electron chi connectivity index (χ4n) is 5.35. The first-order chi connectivity index (χ1) is 21.7. The van der Waals surface area contributed by atoms with Gasteiger partial charge in [-0.1, -0.05) is 62.8 Å². The first kappa shape index (κ1) is 31.1. The number of carbonyl (C=O) groups is 3. The molecule has 2 aliphatic heterocycles. The second-order valence-corrected chi connectivity index (χ2v) is 11.3. The number of nitrogens with two attached hydrogens (primary N) is 1. The van der Waals surface area contributed by atoms with E-state index in [-0.39, 0.29) is 42.3 Å². The molecule has 3 unspecified atom stereocenters. The molecule has 1 aliphatic carbocycles. The molecule has 232 valence electrons. The number of amides is 4. The van der Waals surface area contributed by atoms with Crippen LogP contribution in [0.5, 0.6) is 0 Å². The first-order valence-electron chi connectivity index (χ1n) is 15.0. The summed E-state index contributed by atoms with van der Waals surface area (Å²) in [5.41, 5.74) is 10.0. The number of nitrogens with one attached hydrogen (secondary N) is 2. The van der Waals surface area contributed by atoms with E-state index in [4.69, 9.17) is 10.7 Å². The van der Waals surface area contributed by atoms with Gasteiger partial charge in [0.15, 0.2) is 0 Å². The third kappa shape index (κ3) is 6.93. The van der Waals surface area contributed by atoms with Crippen LogP contribution in [0.1, 0.15) is 44.7 Å². The fraction of sp³-hybridized carbons (Fsp3) is 0.294. The number of carbonyl (C=O) groups excluding carboxylic acids is 3. The van der Waals surface area contributed by atoms with Crippen LogP contribution in [0.3, 0.4) is 0 Å². The molecular formula is C34H38N8O3. The molecule has 11 heteroatoms. The van der Waals surface area contributed by atoms with Crippen molar-refractivity contribution in [3.8, 4) is 0 Å². The Morgan fingerprint density at radius 1 is 1.20 bits per heavy atom. The average molecular weight is 607 g/mol. The van der Waals surface area contributed by atoms with Gasteiger partial charge in [0.1, 0.15) is 11.9 Å². The van der Waals surface area contributed by atoms with Crippen LogP contribution in [0.15, 0.2) is 101 Å². The minimum atomic E-state index is -0.594. The maximum absolute atomic E-state index is 13.6. The molecule has 1 aromatic carbocycles. The molecule has 3 aliphatic rings. The molecule has 11 nitrogen and oxygen atoms in total. The Hall–Kier alpha value is -5.32. The van der Waals surface area contributed by atoms with Crippen molar-refractivity contribution >= 4 is 35.3 Å². The summed E-state index contributed by atoms with van der Waals surface area (Å²) >= 11 is 0. The van der Waals surface area contributed by atoms with E-state index in [0.29, 0.717) is 29.2 Å². The van der Waals surface area contributed by atoms with Gasteiger partial charge >= 0.3 is 6.03 Å². The number of rotatable bonds is 6. The van der Waals surface area contributed by atoms with E-state index in [9.17, 15) is 14.4 Å². The Morgan fingerprint density at radius 3 is 2.73 bits per heavy atom. The molecule has 1 aromatic heterocycles. The van der Waals surface area contributed by atoms with Gasteiger partial charge in [-0.2, -0.15) is 4.98 Å². The monoisotopic (exact) mass is 606 g/mol. The molecule has 2 aromatic rings. The lowest BCUT2D eigenvalue weighted by atomic mass is 9.98. The van der Waals surface area contributed by atoms with Gasteiger partial charge in [0.05, 0.1) is 18.3 Å². The van der Waals surface area contributed by atoms with E-state index in [2.05, 4.69) is 20.6 Å². The van der Waals surface area contributed by atoms with E-state index >= 15 is 0 Å². The summed E-state index contributed by atoms with van der Waals surface area (Å²) in [7, 11) is 1.65. The van der Waals surface area contributed by atoms with E-state index in [1.54, 1.807) is 36.4 Å². The Labute approximate surface area is 263 Å². The van der Waals surface area contributed by atoms with E-state index in [1.165, 1.54) is 11.1 Å². The molecule has 3 heterocycles. The van der Waals surface area contributed by atoms with Crippen LogP contribution in [-0.4, -0.2) is 57.6 Å². The molecular weight excluding hydrogens is 568 g/mol.